The Bertz CT molecular complexity index is 1300. The summed E-state index contributed by atoms with van der Waals surface area (Å²) in [5, 5.41) is 20.3. The van der Waals surface area contributed by atoms with E-state index in [-0.39, 0.29) is 47.9 Å². The fourth-order valence-corrected chi connectivity index (χ4v) is 4.56. The van der Waals surface area contributed by atoms with Crippen molar-refractivity contribution >= 4 is 33.4 Å². The Morgan fingerprint density at radius 3 is 2.68 bits per heavy atom. The number of non-ortho nitro benzene ring substituents is 1. The molecule has 0 unspecified atom stereocenters. The van der Waals surface area contributed by atoms with Crippen LogP contribution in [0.15, 0.2) is 30.3 Å². The molecule has 1 amide bonds. The number of pyridine rings is 1. The monoisotopic (exact) mass is 487 g/mol. The zero-order chi connectivity index (χ0) is 25.0. The lowest BCUT2D eigenvalue weighted by Gasteiger charge is -2.39. The summed E-state index contributed by atoms with van der Waals surface area (Å²) in [5.74, 6) is -2.29. The highest BCUT2D eigenvalue weighted by Gasteiger charge is 2.37. The molecule has 1 aromatic carbocycles. The van der Waals surface area contributed by atoms with Crippen LogP contribution in [0.4, 0.5) is 11.5 Å². The number of amides is 1. The fourth-order valence-electron chi connectivity index (χ4n) is 3.40. The Morgan fingerprint density at radius 1 is 1.35 bits per heavy atom. The standard InChI is InChI=1S/C21H21N5O7S/c1-3-33-21(28)18-8-15(9-22)19(23-13(18)2)25-10-16(11-25)20(27)24-34(31,32)12-14-5-4-6-17(7-14)26(29)30/h4-8,16H,3,10-12H2,1-2H3,(H,24,27). The number of carbonyl (C=O) groups excluding carboxylic acids is 2. The van der Waals surface area contributed by atoms with Gasteiger partial charge < -0.3 is 9.64 Å². The molecule has 34 heavy (non-hydrogen) atoms. The lowest BCUT2D eigenvalue weighted by Crippen LogP contribution is -2.55. The molecular formula is C21H21N5O7S. The fraction of sp³-hybridized carbons (Fsp3) is 0.333. The number of nitriles is 1. The van der Waals surface area contributed by atoms with Gasteiger partial charge in [-0.15, -0.1) is 0 Å². The Hall–Kier alpha value is -4.05. The van der Waals surface area contributed by atoms with E-state index in [1.165, 1.54) is 24.3 Å². The second kappa shape index (κ2) is 9.84. The highest BCUT2D eigenvalue weighted by molar-refractivity contribution is 7.89. The van der Waals surface area contributed by atoms with Crippen LogP contribution in [0.2, 0.25) is 0 Å². The van der Waals surface area contributed by atoms with Gasteiger partial charge in [-0.05, 0) is 25.5 Å². The zero-order valence-electron chi connectivity index (χ0n) is 18.3. The molecule has 12 nitrogen and oxygen atoms in total. The van der Waals surface area contributed by atoms with Crippen LogP contribution in [0.3, 0.4) is 0 Å². The summed E-state index contributed by atoms with van der Waals surface area (Å²) >= 11 is 0. The molecule has 1 saturated heterocycles. The van der Waals surface area contributed by atoms with Crippen LogP contribution >= 0.6 is 0 Å². The molecule has 2 heterocycles. The molecule has 0 bridgehead atoms. The molecule has 178 valence electrons. The molecule has 0 radical (unpaired) electrons. The SMILES string of the molecule is CCOC(=O)c1cc(C#N)c(N2CC(C(=O)NS(=O)(=O)Cc3cccc([N+](=O)[O-])c3)C2)nc1C. The predicted octanol–water partition coefficient (Wildman–Crippen LogP) is 1.43. The normalized spacial score (nSPS) is 13.5. The summed E-state index contributed by atoms with van der Waals surface area (Å²) in [6.07, 6.45) is 0. The van der Waals surface area contributed by atoms with E-state index in [0.29, 0.717) is 5.69 Å². The van der Waals surface area contributed by atoms with E-state index in [4.69, 9.17) is 4.74 Å². The highest BCUT2D eigenvalue weighted by Crippen LogP contribution is 2.28. The summed E-state index contributed by atoms with van der Waals surface area (Å²) in [4.78, 5) is 40.7. The zero-order valence-corrected chi connectivity index (χ0v) is 19.2. The number of hydrogen-bond acceptors (Lipinski definition) is 10. The molecule has 1 N–H and O–H groups in total. The number of carbonyl (C=O) groups is 2. The van der Waals surface area contributed by atoms with Crippen LogP contribution in [0.25, 0.3) is 0 Å². The van der Waals surface area contributed by atoms with Gasteiger partial charge in [0.15, 0.2) is 0 Å². The van der Waals surface area contributed by atoms with Crippen molar-refractivity contribution in [3.8, 4) is 6.07 Å². The molecule has 13 heteroatoms. The van der Waals surface area contributed by atoms with E-state index in [1.807, 2.05) is 10.8 Å². The summed E-state index contributed by atoms with van der Waals surface area (Å²) in [6, 6.07) is 8.51. The van der Waals surface area contributed by atoms with Crippen molar-refractivity contribution in [3.05, 3.63) is 62.8 Å². The molecule has 0 aliphatic carbocycles. The number of aromatic nitrogens is 1. The molecular weight excluding hydrogens is 466 g/mol. The van der Waals surface area contributed by atoms with Gasteiger partial charge in [0.25, 0.3) is 5.69 Å². The maximum atomic E-state index is 12.4. The minimum Gasteiger partial charge on any atom is -0.462 e. The third-order valence-corrected chi connectivity index (χ3v) is 6.32. The van der Waals surface area contributed by atoms with Gasteiger partial charge in [-0.25, -0.2) is 18.2 Å². The van der Waals surface area contributed by atoms with E-state index in [2.05, 4.69) is 4.98 Å². The first-order valence-electron chi connectivity index (χ1n) is 10.2. The summed E-state index contributed by atoms with van der Waals surface area (Å²) in [7, 11) is -4.08. The van der Waals surface area contributed by atoms with Crippen LogP contribution in [0, 0.1) is 34.3 Å². The largest absolute Gasteiger partial charge is 0.462 e. The first-order chi connectivity index (χ1) is 16.0. The third kappa shape index (κ3) is 5.46. The van der Waals surface area contributed by atoms with Gasteiger partial charge in [-0.1, -0.05) is 12.1 Å². The molecule has 1 aromatic heterocycles. The molecule has 0 atom stereocenters. The van der Waals surface area contributed by atoms with Gasteiger partial charge in [-0.3, -0.25) is 19.6 Å². The molecule has 0 saturated carbocycles. The first kappa shape index (κ1) is 24.6. The number of benzene rings is 1. The number of aryl methyl sites for hydroxylation is 1. The number of nitrogens with zero attached hydrogens (tertiary/aromatic N) is 4. The van der Waals surface area contributed by atoms with Gasteiger partial charge in [0.2, 0.25) is 15.9 Å². The number of anilines is 1. The van der Waals surface area contributed by atoms with Crippen LogP contribution in [-0.2, 0) is 25.3 Å². The molecule has 0 spiro atoms. The number of nitrogens with one attached hydrogen (secondary N) is 1. The quantitative estimate of drug-likeness (QED) is 0.326. The Kier molecular flexibility index (Phi) is 7.11. The van der Waals surface area contributed by atoms with Crippen molar-refractivity contribution < 1.29 is 27.7 Å². The van der Waals surface area contributed by atoms with Gasteiger partial charge in [0.05, 0.1) is 40.0 Å². The summed E-state index contributed by atoms with van der Waals surface area (Å²) in [6.45, 7) is 3.68. The number of esters is 1. The van der Waals surface area contributed by atoms with Gasteiger partial charge in [0, 0.05) is 25.2 Å². The number of ether oxygens (including phenoxy) is 1. The Labute approximate surface area is 195 Å². The van der Waals surface area contributed by atoms with E-state index in [9.17, 15) is 33.4 Å². The maximum Gasteiger partial charge on any atom is 0.340 e. The Morgan fingerprint density at radius 2 is 2.06 bits per heavy atom. The number of nitro groups is 1. The highest BCUT2D eigenvalue weighted by atomic mass is 32.2. The number of sulfonamides is 1. The maximum absolute atomic E-state index is 12.4. The molecule has 2 aromatic rings. The van der Waals surface area contributed by atoms with Gasteiger partial charge >= 0.3 is 5.97 Å². The van der Waals surface area contributed by atoms with Gasteiger partial charge in [-0.2, -0.15) is 5.26 Å². The van der Waals surface area contributed by atoms with Crippen LogP contribution in [0.5, 0.6) is 0 Å². The van der Waals surface area contributed by atoms with Crippen molar-refractivity contribution in [1.29, 1.82) is 5.26 Å². The van der Waals surface area contributed by atoms with Crippen molar-refractivity contribution in [1.82, 2.24) is 9.71 Å². The number of rotatable bonds is 8. The van der Waals surface area contributed by atoms with Crippen LogP contribution < -0.4 is 9.62 Å². The lowest BCUT2D eigenvalue weighted by atomic mass is 9.98. The molecule has 1 aliphatic heterocycles. The van der Waals surface area contributed by atoms with Gasteiger partial charge in [0.1, 0.15) is 11.9 Å². The van der Waals surface area contributed by atoms with E-state index in [0.717, 1.165) is 6.07 Å². The third-order valence-electron chi connectivity index (χ3n) is 5.09. The Balaban J connectivity index is 1.65. The minimum absolute atomic E-state index is 0.123. The predicted molar refractivity (Wildman–Crippen MR) is 119 cm³/mol. The molecule has 1 fully saturated rings. The number of hydrogen-bond donors (Lipinski definition) is 1. The van der Waals surface area contributed by atoms with Crippen molar-refractivity contribution in [2.75, 3.05) is 24.6 Å². The summed E-state index contributed by atoms with van der Waals surface area (Å²) < 4.78 is 31.7. The topological polar surface area (TPSA) is 173 Å². The van der Waals surface area contributed by atoms with Crippen LogP contribution in [0.1, 0.15) is 34.1 Å². The number of nitro benzene ring substituents is 1. The van der Waals surface area contributed by atoms with Crippen molar-refractivity contribution in [2.24, 2.45) is 5.92 Å². The smallest absolute Gasteiger partial charge is 0.340 e. The van der Waals surface area contributed by atoms with Crippen molar-refractivity contribution in [2.45, 2.75) is 19.6 Å². The second-order valence-electron chi connectivity index (χ2n) is 7.58. The average Bonchev–Trinajstić information content (AvgIpc) is 2.72. The van der Waals surface area contributed by atoms with E-state index >= 15 is 0 Å². The molecule has 3 rings (SSSR count). The van der Waals surface area contributed by atoms with Crippen LogP contribution in [-0.4, -0.2) is 49.9 Å². The average molecular weight is 487 g/mol. The second-order valence-corrected chi connectivity index (χ2v) is 9.30. The first-order valence-corrected chi connectivity index (χ1v) is 11.8. The lowest BCUT2D eigenvalue weighted by molar-refractivity contribution is -0.384. The molecule has 1 aliphatic rings. The van der Waals surface area contributed by atoms with Crippen molar-refractivity contribution in [3.63, 3.8) is 0 Å². The summed E-state index contributed by atoms with van der Waals surface area (Å²) in [5.41, 5.74) is 0.582. The minimum atomic E-state index is -4.08. The van der Waals surface area contributed by atoms with E-state index < -0.39 is 38.5 Å². The van der Waals surface area contributed by atoms with E-state index in [1.54, 1.807) is 18.7 Å².